The van der Waals surface area contributed by atoms with E-state index in [1.807, 2.05) is 0 Å². The highest BCUT2D eigenvalue weighted by atomic mass is 31.2. The number of allylic oxidation sites excluding steroid dienone is 34. The van der Waals surface area contributed by atoms with Crippen LogP contribution >= 0.6 is 15.6 Å². The minimum atomic E-state index is -4.96. The largest absolute Gasteiger partial charge is 0.472 e. The van der Waals surface area contributed by atoms with Gasteiger partial charge in [-0.15, -0.1) is 0 Å². The van der Waals surface area contributed by atoms with Crippen molar-refractivity contribution in [2.75, 3.05) is 39.6 Å². The zero-order chi connectivity index (χ0) is 86.5. The molecular weight excluding hydrogens is 1530 g/mol. The summed E-state index contributed by atoms with van der Waals surface area (Å²) in [7, 11) is -9.84. The van der Waals surface area contributed by atoms with Gasteiger partial charge in [-0.1, -0.05) is 375 Å². The minimum Gasteiger partial charge on any atom is -0.463 e. The van der Waals surface area contributed by atoms with Gasteiger partial charge in [-0.2, -0.15) is 0 Å². The van der Waals surface area contributed by atoms with Crippen LogP contribution in [0.1, 0.15) is 355 Å². The smallest absolute Gasteiger partial charge is 0.463 e. The number of hydrogen-bond donors (Lipinski definition) is 4. The molecule has 0 rings (SSSR count). The maximum Gasteiger partial charge on any atom is 0.472 e. The third kappa shape index (κ3) is 92.7. The molecule has 676 valence electrons. The number of aliphatic hydroxyl groups excluding tert-OH is 2. The highest BCUT2D eigenvalue weighted by molar-refractivity contribution is 7.47. The Kier molecular flexibility index (Phi) is 86.8. The molecule has 0 aromatic heterocycles. The minimum absolute atomic E-state index is 0.0414. The lowest BCUT2D eigenvalue weighted by Crippen LogP contribution is -2.30. The molecule has 0 aliphatic carbocycles. The highest BCUT2D eigenvalue weighted by Crippen LogP contribution is 2.45. The van der Waals surface area contributed by atoms with Gasteiger partial charge in [0.25, 0.3) is 0 Å². The molecular formula is C101H166O16P2. The Balaban J connectivity index is 4.61. The summed E-state index contributed by atoms with van der Waals surface area (Å²) in [4.78, 5) is 59.0. The van der Waals surface area contributed by atoms with E-state index in [1.54, 1.807) is 0 Å². The summed E-state index contributed by atoms with van der Waals surface area (Å²) in [6, 6.07) is 0. The van der Waals surface area contributed by atoms with Gasteiger partial charge in [0.15, 0.2) is 6.10 Å². The molecule has 0 aliphatic heterocycles. The first-order chi connectivity index (χ1) is 58.2. The topological polar surface area (TPSA) is 231 Å². The summed E-state index contributed by atoms with van der Waals surface area (Å²) < 4.78 is 61.4. The van der Waals surface area contributed by atoms with Crippen LogP contribution in [-0.2, 0) is 55.8 Å². The van der Waals surface area contributed by atoms with E-state index in [1.165, 1.54) is 122 Å². The summed E-state index contributed by atoms with van der Waals surface area (Å²) in [6.45, 7) is 2.30. The first-order valence-corrected chi connectivity index (χ1v) is 49.4. The lowest BCUT2D eigenvalue weighted by molar-refractivity contribution is -0.161. The van der Waals surface area contributed by atoms with E-state index < -0.39 is 91.5 Å². The normalized spacial score (nSPS) is 14.7. The van der Waals surface area contributed by atoms with E-state index in [-0.39, 0.29) is 19.3 Å². The van der Waals surface area contributed by atoms with E-state index in [0.717, 1.165) is 167 Å². The average Bonchev–Trinajstić information content (AvgIpc) is 0.903. The Bertz CT molecular complexity index is 2990. The van der Waals surface area contributed by atoms with E-state index in [2.05, 4.69) is 227 Å². The number of phosphoric acid groups is 2. The molecule has 0 aromatic carbocycles. The van der Waals surface area contributed by atoms with Gasteiger partial charge < -0.3 is 34.2 Å². The van der Waals surface area contributed by atoms with Crippen molar-refractivity contribution >= 4 is 33.6 Å². The maximum absolute atomic E-state index is 13.0. The van der Waals surface area contributed by atoms with Gasteiger partial charge in [-0.05, 0) is 167 Å². The van der Waals surface area contributed by atoms with Crippen molar-refractivity contribution in [1.29, 1.82) is 0 Å². The highest BCUT2D eigenvalue weighted by Gasteiger charge is 2.29. The van der Waals surface area contributed by atoms with Crippen LogP contribution in [0.3, 0.4) is 0 Å². The van der Waals surface area contributed by atoms with Gasteiger partial charge in [-0.3, -0.25) is 32.5 Å². The van der Waals surface area contributed by atoms with E-state index in [0.29, 0.717) is 25.7 Å². The van der Waals surface area contributed by atoms with Crippen molar-refractivity contribution in [3.8, 4) is 0 Å². The Labute approximate surface area is 724 Å². The van der Waals surface area contributed by atoms with Crippen molar-refractivity contribution in [2.24, 2.45) is 0 Å². The molecule has 16 nitrogen and oxygen atoms in total. The molecule has 5 atom stereocenters. The molecule has 0 bridgehead atoms. The number of rotatable bonds is 86. The standard InChI is InChI=1S/C101H166O16P2/c1-4-7-10-13-16-19-22-25-28-31-34-37-39-41-43-45-46-47-48-50-52-53-55-58-60-63-66-69-72-75-78-81-84-87-99(104)111-90-96(102)91-113-118(107,108)114-92-97(103)93-115-119(109,110)116-95-98(117-101(106)89-86-83-80-77-74-71-68-65-62-57-36-33-30-27-24-21-18-15-12-9-6-3)94-112-100(105)88-85-82-79-76-73-70-67-64-61-59-56-54-51-49-44-42-40-38-35-32-29-26-23-20-17-14-11-8-5-2/h7-12,16-21,25-30,34-38,41-44,51,54,57,65,68,74,77,96-98,102-103H,4-6,13-15,22-24,31-33,39-40,45-50,52-53,55-56,58-64,66-67,69-73,75-76,78-95H2,1-3H3,(H,107,108)(H,109,110)/b10-7-,11-8-,12-9-,19-16-,20-17-,21-18-,28-25-,29-26-,30-27-,37-34-,38-35-,43-41-,44-42-,54-51-,57-36-,68-65-,77-74-. The van der Waals surface area contributed by atoms with Gasteiger partial charge >= 0.3 is 33.6 Å². The molecule has 0 heterocycles. The maximum atomic E-state index is 13.0. The monoisotopic (exact) mass is 1700 g/mol. The lowest BCUT2D eigenvalue weighted by atomic mass is 10.0. The predicted molar refractivity (Wildman–Crippen MR) is 500 cm³/mol. The number of esters is 3. The Morgan fingerprint density at radius 3 is 0.681 bits per heavy atom. The number of hydrogen-bond acceptors (Lipinski definition) is 14. The van der Waals surface area contributed by atoms with Crippen molar-refractivity contribution in [3.63, 3.8) is 0 Å². The van der Waals surface area contributed by atoms with Crippen LogP contribution in [0.5, 0.6) is 0 Å². The van der Waals surface area contributed by atoms with Crippen LogP contribution < -0.4 is 0 Å². The second kappa shape index (κ2) is 91.3. The molecule has 0 saturated heterocycles. The zero-order valence-corrected chi connectivity index (χ0v) is 76.2. The first kappa shape index (κ1) is 113. The SMILES string of the molecule is CC/C=C\C/C=C\C/C=C\C/C=C\C/C=C\C/C=C\CCCCCCCCCCCCC(=O)OCC(COP(=O)(O)OCC(O)COP(=O)(O)OCC(O)COC(=O)CCCCCCCCCCCCCCCCCCC/C=C\C/C=C\C/C=C\C/C=C\C/C=C\CC)OC(=O)CCCC/C=C\C/C=C\C/C=C\C/C=C\C/C=C\C/C=C\CC. The van der Waals surface area contributed by atoms with Crippen molar-refractivity contribution in [3.05, 3.63) is 207 Å². The number of carbonyl (C=O) groups is 3. The molecule has 5 unspecified atom stereocenters. The van der Waals surface area contributed by atoms with Crippen LogP contribution in [0.4, 0.5) is 0 Å². The van der Waals surface area contributed by atoms with E-state index in [4.69, 9.17) is 32.3 Å². The number of phosphoric ester groups is 2. The summed E-state index contributed by atoms with van der Waals surface area (Å²) in [6.07, 6.45) is 123. The lowest BCUT2D eigenvalue weighted by Gasteiger charge is -2.21. The number of unbranched alkanes of at least 4 members (excludes halogenated alkanes) is 29. The number of aliphatic hydroxyl groups is 2. The molecule has 0 radical (unpaired) electrons. The average molecular weight is 1700 g/mol. The first-order valence-electron chi connectivity index (χ1n) is 46.4. The Morgan fingerprint density at radius 2 is 0.420 bits per heavy atom. The fraction of sp³-hybridized carbons (Fsp3) is 0.634. The second-order valence-corrected chi connectivity index (χ2v) is 33.2. The predicted octanol–water partition coefficient (Wildman–Crippen LogP) is 28.8. The molecule has 4 N–H and O–H groups in total. The molecule has 18 heteroatoms. The van der Waals surface area contributed by atoms with E-state index in [9.17, 15) is 43.5 Å². The van der Waals surface area contributed by atoms with Crippen molar-refractivity contribution in [1.82, 2.24) is 0 Å². The second-order valence-electron chi connectivity index (χ2n) is 30.3. The van der Waals surface area contributed by atoms with Crippen molar-refractivity contribution < 1.29 is 75.8 Å². The van der Waals surface area contributed by atoms with Crippen LogP contribution in [0.2, 0.25) is 0 Å². The summed E-state index contributed by atoms with van der Waals surface area (Å²) in [5.41, 5.74) is 0. The third-order valence-corrected chi connectivity index (χ3v) is 20.9. The zero-order valence-electron chi connectivity index (χ0n) is 74.5. The van der Waals surface area contributed by atoms with Gasteiger partial charge in [0.05, 0.1) is 26.4 Å². The fourth-order valence-corrected chi connectivity index (χ4v) is 13.7. The fourth-order valence-electron chi connectivity index (χ4n) is 12.1. The van der Waals surface area contributed by atoms with E-state index >= 15 is 0 Å². The number of ether oxygens (including phenoxy) is 3. The molecule has 0 spiro atoms. The van der Waals surface area contributed by atoms with Crippen LogP contribution in [-0.4, -0.2) is 95.9 Å². The third-order valence-electron chi connectivity index (χ3n) is 19.0. The summed E-state index contributed by atoms with van der Waals surface area (Å²) in [5.74, 6) is -1.63. The summed E-state index contributed by atoms with van der Waals surface area (Å²) in [5, 5.41) is 20.7. The molecule has 0 amide bonds. The number of carbonyl (C=O) groups excluding carboxylic acids is 3. The quantitative estimate of drug-likeness (QED) is 0.0146. The Hall–Kier alpha value is -5.87. The molecule has 0 aliphatic rings. The molecule has 119 heavy (non-hydrogen) atoms. The summed E-state index contributed by atoms with van der Waals surface area (Å²) >= 11 is 0. The Morgan fingerprint density at radius 1 is 0.235 bits per heavy atom. The van der Waals surface area contributed by atoms with Gasteiger partial charge in [-0.25, -0.2) is 9.13 Å². The molecule has 0 fully saturated rings. The van der Waals surface area contributed by atoms with Gasteiger partial charge in [0, 0.05) is 19.3 Å². The van der Waals surface area contributed by atoms with Gasteiger partial charge in [0.1, 0.15) is 25.4 Å². The van der Waals surface area contributed by atoms with Crippen LogP contribution in [0.25, 0.3) is 0 Å². The van der Waals surface area contributed by atoms with Crippen molar-refractivity contribution in [2.45, 2.75) is 373 Å². The molecule has 0 aromatic rings. The van der Waals surface area contributed by atoms with Gasteiger partial charge in [0.2, 0.25) is 0 Å². The van der Waals surface area contributed by atoms with Crippen LogP contribution in [0, 0.1) is 0 Å². The van der Waals surface area contributed by atoms with Crippen LogP contribution in [0.15, 0.2) is 207 Å². The molecule has 0 saturated carbocycles.